The van der Waals surface area contributed by atoms with Gasteiger partial charge >= 0.3 is 0 Å². The summed E-state index contributed by atoms with van der Waals surface area (Å²) in [5.74, 6) is 0. The van der Waals surface area contributed by atoms with E-state index in [1.54, 1.807) is 0 Å². The first kappa shape index (κ1) is 14.4. The minimum atomic E-state index is -3.44. The zero-order chi connectivity index (χ0) is 13.9. The average molecular weight is 304 g/mol. The highest BCUT2D eigenvalue weighted by molar-refractivity contribution is 7.89. The third kappa shape index (κ3) is 3.53. The van der Waals surface area contributed by atoms with Crippen molar-refractivity contribution < 1.29 is 17.2 Å². The van der Waals surface area contributed by atoms with Gasteiger partial charge in [-0.15, -0.1) is 0 Å². The number of rotatable bonds is 4. The van der Waals surface area contributed by atoms with Gasteiger partial charge in [-0.2, -0.15) is 4.31 Å². The van der Waals surface area contributed by atoms with Crippen LogP contribution in [0.3, 0.4) is 0 Å². The highest BCUT2D eigenvalue weighted by Crippen LogP contribution is 2.21. The first-order valence-corrected chi connectivity index (χ1v) is 8.52. The van der Waals surface area contributed by atoms with E-state index in [1.807, 2.05) is 0 Å². The van der Waals surface area contributed by atoms with E-state index in [0.29, 0.717) is 18.8 Å². The Bertz CT molecular complexity index is 551. The summed E-state index contributed by atoms with van der Waals surface area (Å²) in [5, 5.41) is 0. The Labute approximate surface area is 115 Å². The van der Waals surface area contributed by atoms with E-state index < -0.39 is 21.3 Å². The number of nitrogens with one attached hydrogen (secondary N) is 1. The highest BCUT2D eigenvalue weighted by Gasteiger charge is 2.25. The van der Waals surface area contributed by atoms with Gasteiger partial charge in [0.1, 0.15) is 0 Å². The van der Waals surface area contributed by atoms with Gasteiger partial charge in [0.2, 0.25) is 10.0 Å². The van der Waals surface area contributed by atoms with Crippen molar-refractivity contribution in [3.8, 4) is 0 Å². The van der Waals surface area contributed by atoms with Crippen LogP contribution in [0.5, 0.6) is 0 Å². The molecule has 19 heavy (non-hydrogen) atoms. The fraction of sp³-hybridized carbons (Fsp3) is 0.455. The molecule has 0 aliphatic carbocycles. The fourth-order valence-electron chi connectivity index (χ4n) is 2.05. The first-order valence-electron chi connectivity index (χ1n) is 5.98. The Morgan fingerprint density at radius 3 is 2.21 bits per heavy atom. The predicted octanol–water partition coefficient (Wildman–Crippen LogP) is 1.41. The van der Waals surface area contributed by atoms with Crippen LogP contribution in [0.1, 0.15) is 19.3 Å². The number of benzene rings is 1. The molecule has 1 saturated heterocycles. The first-order chi connectivity index (χ1) is 9.00. The Morgan fingerprint density at radius 1 is 1.11 bits per heavy atom. The van der Waals surface area contributed by atoms with Crippen LogP contribution in [0, 0.1) is 0 Å². The number of nitrogens with zero attached hydrogens (tertiary/aromatic N) is 1. The lowest BCUT2D eigenvalue weighted by molar-refractivity contribution is 0.346. The normalized spacial score (nSPS) is 19.0. The third-order valence-electron chi connectivity index (χ3n) is 3.01. The molecule has 0 saturated carbocycles. The maximum absolute atomic E-state index is 12.3. The van der Waals surface area contributed by atoms with E-state index >= 15 is 0 Å². The zero-order valence-electron chi connectivity index (χ0n) is 10.3. The maximum atomic E-state index is 12.3. The molecule has 1 aromatic rings. The van der Waals surface area contributed by atoms with Crippen LogP contribution in [-0.2, 0) is 21.3 Å². The summed E-state index contributed by atoms with van der Waals surface area (Å²) in [4.78, 5) is 0.212. The molecule has 1 aromatic carbocycles. The van der Waals surface area contributed by atoms with Gasteiger partial charge in [-0.1, -0.05) is 6.42 Å². The summed E-state index contributed by atoms with van der Waals surface area (Å²) >= 11 is -2.16. The molecule has 1 unspecified atom stereocenters. The molecular formula is C11H16N2O4S2. The molecule has 0 radical (unpaired) electrons. The Kier molecular flexibility index (Phi) is 4.56. The van der Waals surface area contributed by atoms with Gasteiger partial charge in [0.05, 0.1) is 4.90 Å². The molecule has 2 rings (SSSR count). The summed E-state index contributed by atoms with van der Waals surface area (Å²) < 4.78 is 47.7. The molecule has 1 aliphatic heterocycles. The van der Waals surface area contributed by atoms with Gasteiger partial charge in [-0.25, -0.2) is 12.6 Å². The van der Waals surface area contributed by atoms with E-state index in [4.69, 9.17) is 4.55 Å². The molecule has 0 bridgehead atoms. The summed E-state index contributed by atoms with van der Waals surface area (Å²) in [5.41, 5.74) is 0.401. The van der Waals surface area contributed by atoms with Crippen LogP contribution in [0.4, 0.5) is 5.69 Å². The lowest BCUT2D eigenvalue weighted by Gasteiger charge is -2.25. The molecular weight excluding hydrogens is 288 g/mol. The van der Waals surface area contributed by atoms with Gasteiger partial charge in [0.25, 0.3) is 11.3 Å². The fourth-order valence-corrected chi connectivity index (χ4v) is 3.90. The average Bonchev–Trinajstić information content (AvgIpc) is 2.40. The molecule has 1 atom stereocenters. The SMILES string of the molecule is O=S(O)Nc1ccc(S(=O)(=O)N2CCCCC2)cc1. The van der Waals surface area contributed by atoms with Gasteiger partial charge < -0.3 is 0 Å². The summed E-state index contributed by atoms with van der Waals surface area (Å²) in [6, 6.07) is 5.84. The van der Waals surface area contributed by atoms with Crippen LogP contribution < -0.4 is 4.72 Å². The topological polar surface area (TPSA) is 86.7 Å². The van der Waals surface area contributed by atoms with Crippen molar-refractivity contribution in [2.75, 3.05) is 17.8 Å². The molecule has 0 spiro atoms. The smallest absolute Gasteiger partial charge is 0.259 e. The quantitative estimate of drug-likeness (QED) is 0.823. The van der Waals surface area contributed by atoms with Crippen LogP contribution in [0.2, 0.25) is 0 Å². The zero-order valence-corrected chi connectivity index (χ0v) is 11.9. The Hall–Kier alpha value is -0.960. The second-order valence-electron chi connectivity index (χ2n) is 4.34. The van der Waals surface area contributed by atoms with Crippen molar-refractivity contribution in [1.82, 2.24) is 4.31 Å². The van der Waals surface area contributed by atoms with Crippen molar-refractivity contribution in [3.63, 3.8) is 0 Å². The summed E-state index contributed by atoms with van der Waals surface area (Å²) in [6.45, 7) is 1.12. The van der Waals surface area contributed by atoms with Crippen LogP contribution in [0.25, 0.3) is 0 Å². The number of anilines is 1. The van der Waals surface area contributed by atoms with Crippen molar-refractivity contribution in [2.45, 2.75) is 24.2 Å². The van der Waals surface area contributed by atoms with Gasteiger partial charge in [-0.05, 0) is 37.1 Å². The summed E-state index contributed by atoms with van der Waals surface area (Å²) in [7, 11) is -3.44. The van der Waals surface area contributed by atoms with E-state index in [-0.39, 0.29) is 4.90 Å². The molecule has 8 heteroatoms. The van der Waals surface area contributed by atoms with Crippen molar-refractivity contribution in [1.29, 1.82) is 0 Å². The minimum Gasteiger partial charge on any atom is -0.289 e. The summed E-state index contributed by atoms with van der Waals surface area (Å²) in [6.07, 6.45) is 2.85. The minimum absolute atomic E-state index is 0.212. The molecule has 0 amide bonds. The van der Waals surface area contributed by atoms with E-state index in [2.05, 4.69) is 4.72 Å². The van der Waals surface area contributed by atoms with Gasteiger partial charge in [0.15, 0.2) is 0 Å². The van der Waals surface area contributed by atoms with Crippen molar-refractivity contribution >= 4 is 27.0 Å². The van der Waals surface area contributed by atoms with Crippen molar-refractivity contribution in [3.05, 3.63) is 24.3 Å². The Balaban J connectivity index is 2.18. The molecule has 1 fully saturated rings. The second kappa shape index (κ2) is 6.00. The monoisotopic (exact) mass is 304 g/mol. The number of hydrogen-bond acceptors (Lipinski definition) is 3. The van der Waals surface area contributed by atoms with Crippen LogP contribution in [-0.4, -0.2) is 34.6 Å². The molecule has 2 N–H and O–H groups in total. The van der Waals surface area contributed by atoms with Crippen LogP contribution in [0.15, 0.2) is 29.2 Å². The third-order valence-corrected chi connectivity index (χ3v) is 5.34. The number of sulfonamides is 1. The largest absolute Gasteiger partial charge is 0.289 e. The highest BCUT2D eigenvalue weighted by atomic mass is 32.2. The molecule has 1 aliphatic rings. The maximum Gasteiger partial charge on any atom is 0.259 e. The lowest BCUT2D eigenvalue weighted by Crippen LogP contribution is -2.35. The van der Waals surface area contributed by atoms with Crippen molar-refractivity contribution in [2.24, 2.45) is 0 Å². The molecule has 6 nitrogen and oxygen atoms in total. The Morgan fingerprint density at radius 2 is 1.68 bits per heavy atom. The van der Waals surface area contributed by atoms with E-state index in [0.717, 1.165) is 19.3 Å². The number of piperidine rings is 1. The van der Waals surface area contributed by atoms with Gasteiger partial charge in [0, 0.05) is 18.8 Å². The van der Waals surface area contributed by atoms with Gasteiger partial charge in [-0.3, -0.25) is 9.27 Å². The molecule has 1 heterocycles. The molecule has 0 aromatic heterocycles. The van der Waals surface area contributed by atoms with E-state index in [9.17, 15) is 12.6 Å². The van der Waals surface area contributed by atoms with E-state index in [1.165, 1.54) is 28.6 Å². The number of hydrogen-bond donors (Lipinski definition) is 2. The van der Waals surface area contributed by atoms with Crippen LogP contribution >= 0.6 is 0 Å². The standard InChI is InChI=1S/C11H16N2O4S2/c14-18(15)12-10-4-6-11(7-5-10)19(16,17)13-8-2-1-3-9-13/h4-7,12H,1-3,8-9H2,(H,14,15). The predicted molar refractivity (Wildman–Crippen MR) is 73.4 cm³/mol. The molecule has 106 valence electrons. The second-order valence-corrected chi connectivity index (χ2v) is 6.98. The lowest BCUT2D eigenvalue weighted by atomic mass is 10.2.